The Bertz CT molecular complexity index is 690. The normalized spacial score (nSPS) is 23.5. The molecule has 28 heavy (non-hydrogen) atoms. The van der Waals surface area contributed by atoms with Crippen molar-refractivity contribution in [3.8, 4) is 0 Å². The largest absolute Gasteiger partial charge is 0.381 e. The van der Waals surface area contributed by atoms with E-state index >= 15 is 0 Å². The molecule has 0 aromatic heterocycles. The number of ether oxygens (including phenoxy) is 1. The van der Waals surface area contributed by atoms with Crippen LogP contribution in [0.5, 0.6) is 0 Å². The zero-order valence-corrected chi connectivity index (χ0v) is 16.7. The van der Waals surface area contributed by atoms with Crippen molar-refractivity contribution >= 4 is 17.5 Å². The van der Waals surface area contributed by atoms with Crippen LogP contribution >= 0.6 is 0 Å². The number of hydrogen-bond acceptors (Lipinski definition) is 5. The summed E-state index contributed by atoms with van der Waals surface area (Å²) in [6, 6.07) is 7.03. The first-order chi connectivity index (χ1) is 13.6. The van der Waals surface area contributed by atoms with E-state index in [1.165, 1.54) is 0 Å². The number of rotatable bonds is 7. The molecule has 1 aromatic rings. The van der Waals surface area contributed by atoms with Gasteiger partial charge in [0.05, 0.1) is 6.54 Å². The van der Waals surface area contributed by atoms with Gasteiger partial charge >= 0.3 is 0 Å². The lowest BCUT2D eigenvalue weighted by molar-refractivity contribution is -0.117. The third-order valence-electron chi connectivity index (χ3n) is 6.07. The van der Waals surface area contributed by atoms with Crippen molar-refractivity contribution in [1.82, 2.24) is 10.2 Å². The molecule has 1 atom stereocenters. The topological polar surface area (TPSA) is 96.7 Å². The summed E-state index contributed by atoms with van der Waals surface area (Å²) in [6.45, 7) is 6.83. The van der Waals surface area contributed by atoms with E-state index in [-0.39, 0.29) is 17.2 Å². The lowest BCUT2D eigenvalue weighted by Gasteiger charge is -2.39. The van der Waals surface area contributed by atoms with E-state index in [0.29, 0.717) is 36.8 Å². The maximum atomic E-state index is 12.5. The SMILES string of the molecule is CCNC(=O)c1cccc(NC(=O)CN2CCC(CN)(C3CCOCC3)C2)c1. The highest BCUT2D eigenvalue weighted by Crippen LogP contribution is 2.41. The summed E-state index contributed by atoms with van der Waals surface area (Å²) in [5.41, 5.74) is 7.46. The molecule has 0 bridgehead atoms. The second-order valence-corrected chi connectivity index (χ2v) is 7.90. The molecule has 7 heteroatoms. The molecule has 2 aliphatic heterocycles. The molecule has 4 N–H and O–H groups in total. The highest BCUT2D eigenvalue weighted by Gasteiger charge is 2.43. The number of anilines is 1. The molecule has 3 rings (SSSR count). The van der Waals surface area contributed by atoms with Crippen LogP contribution in [0.2, 0.25) is 0 Å². The van der Waals surface area contributed by atoms with Gasteiger partial charge in [0.1, 0.15) is 0 Å². The Labute approximate surface area is 167 Å². The minimum absolute atomic E-state index is 0.0622. The number of nitrogens with one attached hydrogen (secondary N) is 2. The van der Waals surface area contributed by atoms with Gasteiger partial charge in [0.2, 0.25) is 5.91 Å². The average molecular weight is 389 g/mol. The second kappa shape index (κ2) is 9.49. The van der Waals surface area contributed by atoms with E-state index in [2.05, 4.69) is 15.5 Å². The van der Waals surface area contributed by atoms with Gasteiger partial charge in [-0.25, -0.2) is 0 Å². The van der Waals surface area contributed by atoms with Crippen LogP contribution in [0, 0.1) is 11.3 Å². The highest BCUT2D eigenvalue weighted by atomic mass is 16.5. The van der Waals surface area contributed by atoms with Crippen molar-refractivity contribution in [3.63, 3.8) is 0 Å². The molecule has 2 fully saturated rings. The smallest absolute Gasteiger partial charge is 0.251 e. The van der Waals surface area contributed by atoms with Crippen molar-refractivity contribution in [2.45, 2.75) is 26.2 Å². The number of likely N-dealkylation sites (tertiary alicyclic amines) is 1. The maximum absolute atomic E-state index is 12.5. The first-order valence-corrected chi connectivity index (χ1v) is 10.2. The minimum Gasteiger partial charge on any atom is -0.381 e. The molecule has 154 valence electrons. The van der Waals surface area contributed by atoms with E-state index in [1.807, 2.05) is 6.92 Å². The predicted molar refractivity (Wildman–Crippen MR) is 109 cm³/mol. The molecular weight excluding hydrogens is 356 g/mol. The van der Waals surface area contributed by atoms with Crippen molar-refractivity contribution in [3.05, 3.63) is 29.8 Å². The highest BCUT2D eigenvalue weighted by molar-refractivity contribution is 5.97. The monoisotopic (exact) mass is 388 g/mol. The fourth-order valence-corrected chi connectivity index (χ4v) is 4.50. The summed E-state index contributed by atoms with van der Waals surface area (Å²) in [6.07, 6.45) is 3.15. The molecule has 7 nitrogen and oxygen atoms in total. The number of carbonyl (C=O) groups excluding carboxylic acids is 2. The van der Waals surface area contributed by atoms with E-state index < -0.39 is 0 Å². The standard InChI is InChI=1S/C21H32N4O3/c1-2-23-20(27)16-4-3-5-18(12-16)24-19(26)13-25-9-8-21(14-22,15-25)17-6-10-28-11-7-17/h3-5,12,17H,2,6-11,13-15,22H2,1H3,(H,23,27)(H,24,26). The molecule has 1 unspecified atom stereocenters. The Balaban J connectivity index is 1.55. The van der Waals surface area contributed by atoms with E-state index in [0.717, 1.165) is 45.6 Å². The first kappa shape index (κ1) is 20.8. The number of amides is 2. The summed E-state index contributed by atoms with van der Waals surface area (Å²) in [7, 11) is 0. The summed E-state index contributed by atoms with van der Waals surface area (Å²) in [5.74, 6) is 0.378. The minimum atomic E-state index is -0.137. The fraction of sp³-hybridized carbons (Fsp3) is 0.619. The zero-order chi connectivity index (χ0) is 20.0. The quantitative estimate of drug-likeness (QED) is 0.657. The van der Waals surface area contributed by atoms with Crippen LogP contribution in [0.25, 0.3) is 0 Å². The summed E-state index contributed by atoms with van der Waals surface area (Å²) < 4.78 is 5.50. The molecule has 2 saturated heterocycles. The van der Waals surface area contributed by atoms with Gasteiger partial charge in [0.25, 0.3) is 5.91 Å². The van der Waals surface area contributed by atoms with Crippen LogP contribution in [0.1, 0.15) is 36.5 Å². The maximum Gasteiger partial charge on any atom is 0.251 e. The second-order valence-electron chi connectivity index (χ2n) is 7.90. The van der Waals surface area contributed by atoms with Gasteiger partial charge in [-0.05, 0) is 68.8 Å². The van der Waals surface area contributed by atoms with E-state index in [4.69, 9.17) is 10.5 Å². The molecule has 2 heterocycles. The molecule has 0 aliphatic carbocycles. The van der Waals surface area contributed by atoms with Crippen molar-refractivity contribution in [2.75, 3.05) is 51.3 Å². The number of benzene rings is 1. The van der Waals surface area contributed by atoms with Crippen molar-refractivity contribution in [2.24, 2.45) is 17.1 Å². The fourth-order valence-electron chi connectivity index (χ4n) is 4.50. The van der Waals surface area contributed by atoms with Gasteiger partial charge < -0.3 is 21.1 Å². The van der Waals surface area contributed by atoms with Gasteiger partial charge in [-0.2, -0.15) is 0 Å². The van der Waals surface area contributed by atoms with Gasteiger partial charge in [-0.3, -0.25) is 14.5 Å². The van der Waals surface area contributed by atoms with Crippen LogP contribution in [0.4, 0.5) is 5.69 Å². The molecular formula is C21H32N4O3. The molecule has 0 radical (unpaired) electrons. The lowest BCUT2D eigenvalue weighted by Crippen LogP contribution is -2.44. The number of nitrogens with zero attached hydrogens (tertiary/aromatic N) is 1. The predicted octanol–water partition coefficient (Wildman–Crippen LogP) is 1.45. The Kier molecular flexibility index (Phi) is 7.04. The van der Waals surface area contributed by atoms with Crippen molar-refractivity contribution in [1.29, 1.82) is 0 Å². The summed E-state index contributed by atoms with van der Waals surface area (Å²) in [4.78, 5) is 26.7. The van der Waals surface area contributed by atoms with Crippen LogP contribution in [0.15, 0.2) is 24.3 Å². The Morgan fingerprint density at radius 2 is 2.11 bits per heavy atom. The van der Waals surface area contributed by atoms with Crippen LogP contribution in [0.3, 0.4) is 0 Å². The zero-order valence-electron chi connectivity index (χ0n) is 16.7. The molecule has 2 amide bonds. The molecule has 0 spiro atoms. The van der Waals surface area contributed by atoms with Crippen molar-refractivity contribution < 1.29 is 14.3 Å². The van der Waals surface area contributed by atoms with Gasteiger partial charge in [0, 0.05) is 37.6 Å². The lowest BCUT2D eigenvalue weighted by atomic mass is 9.71. The van der Waals surface area contributed by atoms with Gasteiger partial charge in [-0.15, -0.1) is 0 Å². The Morgan fingerprint density at radius 1 is 1.32 bits per heavy atom. The Hall–Kier alpha value is -1.96. The van der Waals surface area contributed by atoms with Gasteiger partial charge in [-0.1, -0.05) is 6.07 Å². The first-order valence-electron chi connectivity index (χ1n) is 10.2. The van der Waals surface area contributed by atoms with E-state index in [9.17, 15) is 9.59 Å². The van der Waals surface area contributed by atoms with Crippen LogP contribution in [-0.2, 0) is 9.53 Å². The third-order valence-corrected chi connectivity index (χ3v) is 6.07. The number of carbonyl (C=O) groups is 2. The van der Waals surface area contributed by atoms with Crippen LogP contribution in [-0.4, -0.2) is 62.7 Å². The van der Waals surface area contributed by atoms with E-state index in [1.54, 1.807) is 24.3 Å². The average Bonchev–Trinajstić information content (AvgIpc) is 3.13. The molecule has 2 aliphatic rings. The number of nitrogens with two attached hydrogens (primary N) is 1. The third kappa shape index (κ3) is 4.90. The molecule has 0 saturated carbocycles. The molecule has 1 aromatic carbocycles. The Morgan fingerprint density at radius 3 is 2.82 bits per heavy atom. The summed E-state index contributed by atoms with van der Waals surface area (Å²) >= 11 is 0. The van der Waals surface area contributed by atoms with Crippen LogP contribution < -0.4 is 16.4 Å². The summed E-state index contributed by atoms with van der Waals surface area (Å²) in [5, 5.41) is 5.69. The van der Waals surface area contributed by atoms with Gasteiger partial charge in [0.15, 0.2) is 0 Å². The number of hydrogen-bond donors (Lipinski definition) is 3.